The lowest BCUT2D eigenvalue weighted by Gasteiger charge is -2.37. The SMILES string of the molecule is Cc1nc(C)n(CCC2CCCC2(CO)NC(C)C)n1. The molecule has 5 heteroatoms. The second kappa shape index (κ2) is 6.22. The van der Waals surface area contributed by atoms with Crippen molar-refractivity contribution >= 4 is 0 Å². The summed E-state index contributed by atoms with van der Waals surface area (Å²) in [6.07, 6.45) is 4.50. The molecule has 20 heavy (non-hydrogen) atoms. The van der Waals surface area contributed by atoms with E-state index in [0.29, 0.717) is 12.0 Å². The Labute approximate surface area is 121 Å². The number of hydrogen-bond acceptors (Lipinski definition) is 4. The van der Waals surface area contributed by atoms with Gasteiger partial charge < -0.3 is 10.4 Å². The molecule has 2 rings (SSSR count). The van der Waals surface area contributed by atoms with Gasteiger partial charge in [-0.15, -0.1) is 0 Å². The number of nitrogens with one attached hydrogen (secondary N) is 1. The fourth-order valence-electron chi connectivity index (χ4n) is 3.63. The van der Waals surface area contributed by atoms with E-state index in [1.165, 1.54) is 12.8 Å². The van der Waals surface area contributed by atoms with Gasteiger partial charge in [0, 0.05) is 18.1 Å². The number of aryl methyl sites for hydroxylation is 3. The Bertz CT molecular complexity index is 443. The Morgan fingerprint density at radius 2 is 2.20 bits per heavy atom. The predicted molar refractivity (Wildman–Crippen MR) is 79.5 cm³/mol. The second-order valence-corrected chi connectivity index (χ2v) is 6.42. The highest BCUT2D eigenvalue weighted by atomic mass is 16.3. The smallest absolute Gasteiger partial charge is 0.147 e. The van der Waals surface area contributed by atoms with E-state index in [2.05, 4.69) is 29.2 Å². The molecule has 0 radical (unpaired) electrons. The minimum Gasteiger partial charge on any atom is -0.394 e. The highest BCUT2D eigenvalue weighted by Crippen LogP contribution is 2.38. The van der Waals surface area contributed by atoms with Crippen LogP contribution in [-0.2, 0) is 6.54 Å². The molecule has 0 aromatic carbocycles. The van der Waals surface area contributed by atoms with Gasteiger partial charge in [-0.05, 0) is 39.0 Å². The Morgan fingerprint density at radius 3 is 2.75 bits per heavy atom. The molecule has 114 valence electrons. The Morgan fingerprint density at radius 1 is 1.45 bits per heavy atom. The number of hydrogen-bond donors (Lipinski definition) is 2. The molecule has 2 unspecified atom stereocenters. The fraction of sp³-hybridized carbons (Fsp3) is 0.867. The van der Waals surface area contributed by atoms with Crippen molar-refractivity contribution in [3.63, 3.8) is 0 Å². The molecule has 0 saturated heterocycles. The lowest BCUT2D eigenvalue weighted by atomic mass is 9.84. The van der Waals surface area contributed by atoms with Crippen LogP contribution in [0, 0.1) is 19.8 Å². The lowest BCUT2D eigenvalue weighted by molar-refractivity contribution is 0.108. The van der Waals surface area contributed by atoms with Gasteiger partial charge in [-0.25, -0.2) is 4.98 Å². The van der Waals surface area contributed by atoms with Crippen LogP contribution >= 0.6 is 0 Å². The highest BCUT2D eigenvalue weighted by molar-refractivity contribution is 5.00. The quantitative estimate of drug-likeness (QED) is 0.834. The zero-order valence-corrected chi connectivity index (χ0v) is 13.2. The minimum atomic E-state index is -0.0995. The molecule has 1 saturated carbocycles. The zero-order chi connectivity index (χ0) is 14.8. The van der Waals surface area contributed by atoms with Crippen LogP contribution in [0.15, 0.2) is 0 Å². The topological polar surface area (TPSA) is 63.0 Å². The summed E-state index contributed by atoms with van der Waals surface area (Å²) in [5, 5.41) is 17.9. The summed E-state index contributed by atoms with van der Waals surface area (Å²) >= 11 is 0. The van der Waals surface area contributed by atoms with E-state index in [4.69, 9.17) is 0 Å². The molecule has 0 amide bonds. The Balaban J connectivity index is 2.02. The fourth-order valence-corrected chi connectivity index (χ4v) is 3.63. The van der Waals surface area contributed by atoms with Crippen LogP contribution in [0.4, 0.5) is 0 Å². The molecule has 5 nitrogen and oxygen atoms in total. The van der Waals surface area contributed by atoms with Crippen LogP contribution in [0.25, 0.3) is 0 Å². The summed E-state index contributed by atoms with van der Waals surface area (Å²) in [6.45, 7) is 9.34. The first-order valence-electron chi connectivity index (χ1n) is 7.73. The van der Waals surface area contributed by atoms with E-state index in [1.54, 1.807) is 0 Å². The Hall–Kier alpha value is -0.940. The van der Waals surface area contributed by atoms with Gasteiger partial charge in [0.15, 0.2) is 0 Å². The molecule has 1 aromatic heterocycles. The Kier molecular flexibility index (Phi) is 4.81. The third-order valence-corrected chi connectivity index (χ3v) is 4.47. The van der Waals surface area contributed by atoms with Crippen LogP contribution < -0.4 is 5.32 Å². The largest absolute Gasteiger partial charge is 0.394 e. The monoisotopic (exact) mass is 280 g/mol. The summed E-state index contributed by atoms with van der Waals surface area (Å²) in [4.78, 5) is 4.35. The molecule has 2 N–H and O–H groups in total. The first kappa shape index (κ1) is 15.4. The predicted octanol–water partition coefficient (Wildman–Crippen LogP) is 1.81. The van der Waals surface area contributed by atoms with Crippen molar-refractivity contribution in [3.05, 3.63) is 11.6 Å². The second-order valence-electron chi connectivity index (χ2n) is 6.42. The third-order valence-electron chi connectivity index (χ3n) is 4.47. The van der Waals surface area contributed by atoms with Gasteiger partial charge >= 0.3 is 0 Å². The van der Waals surface area contributed by atoms with E-state index in [9.17, 15) is 5.11 Å². The van der Waals surface area contributed by atoms with Crippen LogP contribution in [0.3, 0.4) is 0 Å². The molecule has 1 aromatic rings. The number of rotatable bonds is 6. The van der Waals surface area contributed by atoms with Gasteiger partial charge in [0.2, 0.25) is 0 Å². The number of aromatic nitrogens is 3. The van der Waals surface area contributed by atoms with E-state index in [0.717, 1.165) is 31.0 Å². The van der Waals surface area contributed by atoms with Crippen LogP contribution in [-0.4, -0.2) is 38.1 Å². The van der Waals surface area contributed by atoms with Crippen molar-refractivity contribution < 1.29 is 5.11 Å². The number of aliphatic hydroxyl groups excluding tert-OH is 1. The summed E-state index contributed by atoms with van der Waals surface area (Å²) < 4.78 is 1.99. The maximum absolute atomic E-state index is 9.89. The molecular formula is C15H28N4O. The van der Waals surface area contributed by atoms with Gasteiger partial charge in [0.25, 0.3) is 0 Å². The van der Waals surface area contributed by atoms with Gasteiger partial charge in [-0.2, -0.15) is 5.10 Å². The molecule has 1 fully saturated rings. The molecule has 1 aliphatic rings. The van der Waals surface area contributed by atoms with E-state index >= 15 is 0 Å². The highest BCUT2D eigenvalue weighted by Gasteiger charge is 2.42. The normalized spacial score (nSPS) is 26.6. The molecule has 1 aliphatic carbocycles. The van der Waals surface area contributed by atoms with Crippen LogP contribution in [0.1, 0.15) is 51.2 Å². The average Bonchev–Trinajstić information content (AvgIpc) is 2.90. The molecule has 2 atom stereocenters. The van der Waals surface area contributed by atoms with E-state index in [1.807, 2.05) is 18.5 Å². The molecule has 0 bridgehead atoms. The third kappa shape index (κ3) is 3.20. The maximum atomic E-state index is 9.89. The zero-order valence-electron chi connectivity index (χ0n) is 13.2. The van der Waals surface area contributed by atoms with Gasteiger partial charge in [0.1, 0.15) is 11.6 Å². The lowest BCUT2D eigenvalue weighted by Crippen LogP contribution is -2.54. The van der Waals surface area contributed by atoms with Gasteiger partial charge in [0.05, 0.1) is 6.61 Å². The van der Waals surface area contributed by atoms with Crippen molar-refractivity contribution in [1.82, 2.24) is 20.1 Å². The van der Waals surface area contributed by atoms with Crippen LogP contribution in [0.2, 0.25) is 0 Å². The van der Waals surface area contributed by atoms with Gasteiger partial charge in [-0.1, -0.05) is 20.3 Å². The first-order chi connectivity index (χ1) is 9.47. The summed E-state index contributed by atoms with van der Waals surface area (Å²) in [7, 11) is 0. The van der Waals surface area contributed by atoms with Crippen molar-refractivity contribution in [3.8, 4) is 0 Å². The summed E-state index contributed by atoms with van der Waals surface area (Å²) in [5.41, 5.74) is -0.0995. The van der Waals surface area contributed by atoms with Crippen molar-refractivity contribution in [2.24, 2.45) is 5.92 Å². The van der Waals surface area contributed by atoms with Crippen molar-refractivity contribution in [1.29, 1.82) is 0 Å². The molecule has 1 heterocycles. The average molecular weight is 280 g/mol. The van der Waals surface area contributed by atoms with E-state index in [-0.39, 0.29) is 12.1 Å². The molecular weight excluding hydrogens is 252 g/mol. The molecule has 0 spiro atoms. The minimum absolute atomic E-state index is 0.0995. The first-order valence-corrected chi connectivity index (χ1v) is 7.73. The van der Waals surface area contributed by atoms with Crippen LogP contribution in [0.5, 0.6) is 0 Å². The van der Waals surface area contributed by atoms with Crippen molar-refractivity contribution in [2.45, 2.75) is 71.5 Å². The molecule has 0 aliphatic heterocycles. The maximum Gasteiger partial charge on any atom is 0.147 e. The van der Waals surface area contributed by atoms with Gasteiger partial charge in [-0.3, -0.25) is 4.68 Å². The summed E-state index contributed by atoms with van der Waals surface area (Å²) in [6, 6.07) is 0.401. The van der Waals surface area contributed by atoms with Crippen molar-refractivity contribution in [2.75, 3.05) is 6.61 Å². The number of nitrogens with zero attached hydrogens (tertiary/aromatic N) is 3. The van der Waals surface area contributed by atoms with E-state index < -0.39 is 0 Å². The standard InChI is InChI=1S/C15H28N4O/c1-11(2)17-15(10-20)8-5-6-14(15)7-9-19-13(4)16-12(3)18-19/h11,14,17,20H,5-10H2,1-4H3. The summed E-state index contributed by atoms with van der Waals surface area (Å²) in [5.74, 6) is 2.33. The number of aliphatic hydroxyl groups is 1.